The van der Waals surface area contributed by atoms with Crippen molar-refractivity contribution < 1.29 is 4.79 Å². The van der Waals surface area contributed by atoms with Gasteiger partial charge in [0.15, 0.2) is 0 Å². The van der Waals surface area contributed by atoms with Crippen molar-refractivity contribution in [2.75, 3.05) is 17.2 Å². The zero-order chi connectivity index (χ0) is 14.4. The molecule has 0 aliphatic heterocycles. The second kappa shape index (κ2) is 6.70. The summed E-state index contributed by atoms with van der Waals surface area (Å²) in [4.78, 5) is 16.2. The molecule has 0 radical (unpaired) electrons. The van der Waals surface area contributed by atoms with Crippen LogP contribution in [0.4, 0.5) is 11.4 Å². The maximum absolute atomic E-state index is 12.0. The summed E-state index contributed by atoms with van der Waals surface area (Å²) in [6.45, 7) is 5.17. The van der Waals surface area contributed by atoms with Gasteiger partial charge in [0.2, 0.25) is 0 Å². The molecule has 0 saturated heterocycles. The Kier molecular flexibility index (Phi) is 4.71. The maximum atomic E-state index is 12.0. The molecule has 2 rings (SSSR count). The molecule has 1 heterocycles. The lowest BCUT2D eigenvalue weighted by atomic mass is 10.2. The second-order valence-corrected chi connectivity index (χ2v) is 5.03. The molecule has 4 heteroatoms. The van der Waals surface area contributed by atoms with Gasteiger partial charge in [0, 0.05) is 12.2 Å². The Morgan fingerprint density at radius 2 is 1.85 bits per heavy atom. The first-order valence-electron chi connectivity index (χ1n) is 6.71. The Morgan fingerprint density at radius 1 is 1.10 bits per heavy atom. The summed E-state index contributed by atoms with van der Waals surface area (Å²) in [5.74, 6) is 0.364. The van der Waals surface area contributed by atoms with Crippen LogP contribution in [0.15, 0.2) is 48.7 Å². The van der Waals surface area contributed by atoms with Crippen LogP contribution in [-0.2, 0) is 0 Å². The average molecular weight is 269 g/mol. The van der Waals surface area contributed by atoms with Crippen LogP contribution in [0.5, 0.6) is 0 Å². The van der Waals surface area contributed by atoms with Crippen molar-refractivity contribution in [3.05, 3.63) is 54.4 Å². The Hall–Kier alpha value is -2.36. The van der Waals surface area contributed by atoms with Crippen molar-refractivity contribution in [3.63, 3.8) is 0 Å². The van der Waals surface area contributed by atoms with Gasteiger partial charge in [0.1, 0.15) is 5.69 Å². The molecule has 0 saturated carbocycles. The topological polar surface area (TPSA) is 54.0 Å². The van der Waals surface area contributed by atoms with Gasteiger partial charge in [0.25, 0.3) is 5.91 Å². The van der Waals surface area contributed by atoms with Crippen molar-refractivity contribution in [2.45, 2.75) is 13.8 Å². The van der Waals surface area contributed by atoms with Crippen molar-refractivity contribution >= 4 is 17.3 Å². The predicted molar refractivity (Wildman–Crippen MR) is 82.0 cm³/mol. The molecular weight excluding hydrogens is 250 g/mol. The summed E-state index contributed by atoms with van der Waals surface area (Å²) in [5, 5.41) is 6.07. The van der Waals surface area contributed by atoms with Crippen LogP contribution in [-0.4, -0.2) is 17.4 Å². The van der Waals surface area contributed by atoms with E-state index in [-0.39, 0.29) is 5.91 Å². The number of aromatic nitrogens is 1. The molecule has 0 aliphatic carbocycles. The van der Waals surface area contributed by atoms with E-state index in [1.165, 1.54) is 0 Å². The lowest BCUT2D eigenvalue weighted by molar-refractivity contribution is 0.102. The van der Waals surface area contributed by atoms with Crippen molar-refractivity contribution in [1.29, 1.82) is 0 Å². The van der Waals surface area contributed by atoms with E-state index in [9.17, 15) is 4.79 Å². The highest BCUT2D eigenvalue weighted by atomic mass is 16.1. The number of carbonyl (C=O) groups is 1. The second-order valence-electron chi connectivity index (χ2n) is 5.03. The number of nitrogens with zero attached hydrogens (tertiary/aromatic N) is 1. The van der Waals surface area contributed by atoms with Crippen molar-refractivity contribution in [3.8, 4) is 0 Å². The summed E-state index contributed by atoms with van der Waals surface area (Å²) >= 11 is 0. The number of anilines is 2. The molecule has 1 aromatic carbocycles. The molecule has 0 bridgehead atoms. The molecule has 4 nitrogen and oxygen atoms in total. The quantitative estimate of drug-likeness (QED) is 0.874. The van der Waals surface area contributed by atoms with Crippen LogP contribution in [0.1, 0.15) is 24.3 Å². The summed E-state index contributed by atoms with van der Waals surface area (Å²) in [7, 11) is 0. The van der Waals surface area contributed by atoms with Gasteiger partial charge in [0.05, 0.1) is 11.9 Å². The SMILES string of the molecule is CC(C)CNc1ccc(C(=O)Nc2ccccc2)nc1. The Bertz CT molecular complexity index is 550. The van der Waals surface area contributed by atoms with E-state index in [0.717, 1.165) is 17.9 Å². The third-order valence-corrected chi connectivity index (χ3v) is 2.74. The van der Waals surface area contributed by atoms with Gasteiger partial charge >= 0.3 is 0 Å². The Morgan fingerprint density at radius 3 is 2.45 bits per heavy atom. The van der Waals surface area contributed by atoms with E-state index in [4.69, 9.17) is 0 Å². The fourth-order valence-corrected chi connectivity index (χ4v) is 1.67. The molecule has 0 unspecified atom stereocenters. The third kappa shape index (κ3) is 4.09. The molecule has 0 atom stereocenters. The molecule has 20 heavy (non-hydrogen) atoms. The molecular formula is C16H19N3O. The number of hydrogen-bond donors (Lipinski definition) is 2. The highest BCUT2D eigenvalue weighted by Gasteiger charge is 2.07. The molecule has 0 aliphatic rings. The largest absolute Gasteiger partial charge is 0.384 e. The summed E-state index contributed by atoms with van der Waals surface area (Å²) in [6, 6.07) is 12.9. The van der Waals surface area contributed by atoms with E-state index < -0.39 is 0 Å². The van der Waals surface area contributed by atoms with E-state index in [0.29, 0.717) is 11.6 Å². The fraction of sp³-hybridized carbons (Fsp3) is 0.250. The maximum Gasteiger partial charge on any atom is 0.274 e. The fourth-order valence-electron chi connectivity index (χ4n) is 1.67. The number of amides is 1. The van der Waals surface area contributed by atoms with E-state index in [1.807, 2.05) is 36.4 Å². The van der Waals surface area contributed by atoms with Gasteiger partial charge in [-0.05, 0) is 30.2 Å². The minimum absolute atomic E-state index is 0.202. The Labute approximate surface area is 119 Å². The van der Waals surface area contributed by atoms with E-state index >= 15 is 0 Å². The molecule has 0 spiro atoms. The van der Waals surface area contributed by atoms with Gasteiger partial charge in [-0.15, -0.1) is 0 Å². The van der Waals surface area contributed by atoms with Crippen LogP contribution in [0.3, 0.4) is 0 Å². The first-order valence-corrected chi connectivity index (χ1v) is 6.71. The van der Waals surface area contributed by atoms with Crippen LogP contribution in [0.2, 0.25) is 0 Å². The third-order valence-electron chi connectivity index (χ3n) is 2.74. The van der Waals surface area contributed by atoms with E-state index in [2.05, 4.69) is 29.5 Å². The van der Waals surface area contributed by atoms with Gasteiger partial charge < -0.3 is 10.6 Å². The first-order chi connectivity index (χ1) is 9.65. The van der Waals surface area contributed by atoms with Gasteiger partial charge in [-0.1, -0.05) is 32.0 Å². The van der Waals surface area contributed by atoms with Crippen molar-refractivity contribution in [1.82, 2.24) is 4.98 Å². The van der Waals surface area contributed by atoms with Crippen LogP contribution < -0.4 is 10.6 Å². The summed E-state index contributed by atoms with van der Waals surface area (Å²) in [6.07, 6.45) is 1.68. The average Bonchev–Trinajstić information content (AvgIpc) is 2.46. The first kappa shape index (κ1) is 14.1. The normalized spacial score (nSPS) is 10.3. The number of carbonyl (C=O) groups excluding carboxylic acids is 1. The van der Waals surface area contributed by atoms with E-state index in [1.54, 1.807) is 12.3 Å². The highest BCUT2D eigenvalue weighted by Crippen LogP contribution is 2.10. The number of rotatable bonds is 5. The number of benzene rings is 1. The zero-order valence-electron chi connectivity index (χ0n) is 11.8. The molecule has 2 N–H and O–H groups in total. The zero-order valence-corrected chi connectivity index (χ0v) is 11.8. The molecule has 1 aromatic heterocycles. The number of hydrogen-bond acceptors (Lipinski definition) is 3. The number of pyridine rings is 1. The minimum Gasteiger partial charge on any atom is -0.384 e. The molecule has 104 valence electrons. The lowest BCUT2D eigenvalue weighted by Crippen LogP contribution is -2.14. The van der Waals surface area contributed by atoms with Gasteiger partial charge in [-0.3, -0.25) is 4.79 Å². The van der Waals surface area contributed by atoms with Crippen LogP contribution in [0.25, 0.3) is 0 Å². The summed E-state index contributed by atoms with van der Waals surface area (Å²) in [5.41, 5.74) is 2.10. The molecule has 1 amide bonds. The summed E-state index contributed by atoms with van der Waals surface area (Å²) < 4.78 is 0. The lowest BCUT2D eigenvalue weighted by Gasteiger charge is -2.09. The van der Waals surface area contributed by atoms with Gasteiger partial charge in [-0.2, -0.15) is 0 Å². The number of para-hydroxylation sites is 1. The predicted octanol–water partition coefficient (Wildman–Crippen LogP) is 3.40. The molecule has 0 fully saturated rings. The standard InChI is InChI=1S/C16H19N3O/c1-12(2)10-17-14-8-9-15(18-11-14)16(20)19-13-6-4-3-5-7-13/h3-9,11-12,17H,10H2,1-2H3,(H,19,20). The van der Waals surface area contributed by atoms with Crippen LogP contribution >= 0.6 is 0 Å². The number of nitrogens with one attached hydrogen (secondary N) is 2. The smallest absolute Gasteiger partial charge is 0.274 e. The Balaban J connectivity index is 1.97. The monoisotopic (exact) mass is 269 g/mol. The molecule has 2 aromatic rings. The minimum atomic E-state index is -0.202. The highest BCUT2D eigenvalue weighted by molar-refractivity contribution is 6.02. The van der Waals surface area contributed by atoms with Gasteiger partial charge in [-0.25, -0.2) is 4.98 Å². The van der Waals surface area contributed by atoms with Crippen LogP contribution in [0, 0.1) is 5.92 Å². The van der Waals surface area contributed by atoms with Crippen molar-refractivity contribution in [2.24, 2.45) is 5.92 Å².